The number of hydrogen-bond acceptors (Lipinski definition) is 3. The molecular weight excluding hydrogens is 246 g/mol. The zero-order chi connectivity index (χ0) is 13.0. The summed E-state index contributed by atoms with van der Waals surface area (Å²) in [6.07, 6.45) is 7.75. The highest BCUT2D eigenvalue weighted by Crippen LogP contribution is 2.28. The number of benzene rings is 1. The van der Waals surface area contributed by atoms with Gasteiger partial charge in [-0.25, -0.2) is 8.42 Å². The van der Waals surface area contributed by atoms with Crippen molar-refractivity contribution in [2.45, 2.75) is 37.0 Å². The number of hydrogen-bond donors (Lipinski definition) is 1. The molecule has 4 heteroatoms. The molecule has 18 heavy (non-hydrogen) atoms. The van der Waals surface area contributed by atoms with Gasteiger partial charge in [0.05, 0.1) is 10.6 Å². The Morgan fingerprint density at radius 2 is 1.89 bits per heavy atom. The van der Waals surface area contributed by atoms with E-state index in [1.54, 1.807) is 12.1 Å². The fourth-order valence-electron chi connectivity index (χ4n) is 2.65. The highest BCUT2D eigenvalue weighted by molar-refractivity contribution is 7.90. The molecule has 1 saturated carbocycles. The second-order valence-electron chi connectivity index (χ2n) is 5.13. The van der Waals surface area contributed by atoms with Crippen molar-refractivity contribution in [2.24, 2.45) is 5.92 Å². The minimum Gasteiger partial charge on any atom is -0.384 e. The van der Waals surface area contributed by atoms with Gasteiger partial charge in [0.15, 0.2) is 9.84 Å². The van der Waals surface area contributed by atoms with Gasteiger partial charge >= 0.3 is 0 Å². The molecule has 0 aliphatic heterocycles. The SMILES string of the molecule is CS(=O)(=O)c1ccccc1NCCC1CCCC1. The summed E-state index contributed by atoms with van der Waals surface area (Å²) in [4.78, 5) is 0.399. The Labute approximate surface area is 110 Å². The predicted molar refractivity (Wildman–Crippen MR) is 74.6 cm³/mol. The molecule has 1 aliphatic rings. The van der Waals surface area contributed by atoms with Gasteiger partial charge in [0, 0.05) is 12.8 Å². The first kappa shape index (κ1) is 13.4. The van der Waals surface area contributed by atoms with Gasteiger partial charge in [0.25, 0.3) is 0 Å². The molecule has 0 aromatic heterocycles. The first-order valence-electron chi connectivity index (χ1n) is 6.60. The summed E-state index contributed by atoms with van der Waals surface area (Å²) in [6, 6.07) is 7.13. The second-order valence-corrected chi connectivity index (χ2v) is 7.12. The predicted octanol–water partition coefficient (Wildman–Crippen LogP) is 3.08. The number of anilines is 1. The van der Waals surface area contributed by atoms with Gasteiger partial charge in [-0.3, -0.25) is 0 Å². The first-order valence-corrected chi connectivity index (χ1v) is 8.49. The fraction of sp³-hybridized carbons (Fsp3) is 0.571. The number of sulfone groups is 1. The molecule has 0 bridgehead atoms. The lowest BCUT2D eigenvalue weighted by atomic mass is 10.0. The van der Waals surface area contributed by atoms with Crippen LogP contribution < -0.4 is 5.32 Å². The summed E-state index contributed by atoms with van der Waals surface area (Å²) in [5.41, 5.74) is 0.734. The molecule has 1 aromatic rings. The van der Waals surface area contributed by atoms with Crippen LogP contribution in [0.15, 0.2) is 29.2 Å². The summed E-state index contributed by atoms with van der Waals surface area (Å²) >= 11 is 0. The molecule has 0 atom stereocenters. The molecule has 1 aliphatic carbocycles. The smallest absolute Gasteiger partial charge is 0.177 e. The van der Waals surface area contributed by atoms with Crippen LogP contribution in [0.5, 0.6) is 0 Å². The van der Waals surface area contributed by atoms with Crippen molar-refractivity contribution in [3.05, 3.63) is 24.3 Å². The maximum Gasteiger partial charge on any atom is 0.177 e. The van der Waals surface area contributed by atoms with Gasteiger partial charge in [-0.05, 0) is 24.5 Å². The summed E-state index contributed by atoms with van der Waals surface area (Å²) < 4.78 is 23.3. The number of nitrogens with one attached hydrogen (secondary N) is 1. The molecule has 3 nitrogen and oxygen atoms in total. The Hall–Kier alpha value is -1.03. The molecule has 0 spiro atoms. The second kappa shape index (κ2) is 5.74. The summed E-state index contributed by atoms with van der Waals surface area (Å²) in [7, 11) is -3.15. The zero-order valence-corrected chi connectivity index (χ0v) is 11.7. The molecule has 1 aromatic carbocycles. The van der Waals surface area contributed by atoms with Crippen molar-refractivity contribution in [1.29, 1.82) is 0 Å². The topological polar surface area (TPSA) is 46.2 Å². The zero-order valence-electron chi connectivity index (χ0n) is 10.9. The van der Waals surface area contributed by atoms with Crippen LogP contribution in [0.4, 0.5) is 5.69 Å². The van der Waals surface area contributed by atoms with Crippen molar-refractivity contribution in [1.82, 2.24) is 0 Å². The maximum absolute atomic E-state index is 11.6. The minimum atomic E-state index is -3.15. The lowest BCUT2D eigenvalue weighted by Crippen LogP contribution is -2.10. The van der Waals surface area contributed by atoms with Gasteiger partial charge in [-0.15, -0.1) is 0 Å². The largest absolute Gasteiger partial charge is 0.384 e. The van der Waals surface area contributed by atoms with E-state index in [0.717, 1.165) is 24.6 Å². The Bertz CT molecular complexity index is 490. The van der Waals surface area contributed by atoms with Crippen LogP contribution in [0.25, 0.3) is 0 Å². The van der Waals surface area contributed by atoms with Crippen LogP contribution in [-0.2, 0) is 9.84 Å². The fourth-order valence-corrected chi connectivity index (χ4v) is 3.51. The van der Waals surface area contributed by atoms with Crippen molar-refractivity contribution in [2.75, 3.05) is 18.1 Å². The number of rotatable bonds is 5. The average molecular weight is 267 g/mol. The molecule has 0 unspecified atom stereocenters. The Balaban J connectivity index is 1.96. The molecule has 0 saturated heterocycles. The molecule has 0 radical (unpaired) electrons. The van der Waals surface area contributed by atoms with Crippen LogP contribution in [0.2, 0.25) is 0 Å². The minimum absolute atomic E-state index is 0.399. The molecule has 0 amide bonds. The third-order valence-corrected chi connectivity index (χ3v) is 4.78. The first-order chi connectivity index (χ1) is 8.57. The molecular formula is C14H21NO2S. The van der Waals surface area contributed by atoms with E-state index in [9.17, 15) is 8.42 Å². The standard InChI is InChI=1S/C14H21NO2S/c1-18(16,17)14-9-5-4-8-13(14)15-11-10-12-6-2-3-7-12/h4-5,8-9,12,15H,2-3,6-7,10-11H2,1H3. The van der Waals surface area contributed by atoms with Gasteiger partial charge < -0.3 is 5.32 Å². The van der Waals surface area contributed by atoms with Crippen molar-refractivity contribution >= 4 is 15.5 Å². The van der Waals surface area contributed by atoms with E-state index < -0.39 is 9.84 Å². The van der Waals surface area contributed by atoms with E-state index in [4.69, 9.17) is 0 Å². The molecule has 1 N–H and O–H groups in total. The van der Waals surface area contributed by atoms with E-state index in [-0.39, 0.29) is 0 Å². The quantitative estimate of drug-likeness (QED) is 0.891. The van der Waals surface area contributed by atoms with Gasteiger partial charge in [-0.2, -0.15) is 0 Å². The van der Waals surface area contributed by atoms with Crippen molar-refractivity contribution in [3.8, 4) is 0 Å². The van der Waals surface area contributed by atoms with Gasteiger partial charge in [0.2, 0.25) is 0 Å². The van der Waals surface area contributed by atoms with Crippen LogP contribution in [0.3, 0.4) is 0 Å². The average Bonchev–Trinajstić information content (AvgIpc) is 2.81. The monoisotopic (exact) mass is 267 g/mol. The third-order valence-electron chi connectivity index (χ3n) is 3.63. The summed E-state index contributed by atoms with van der Waals surface area (Å²) in [6.45, 7) is 0.858. The molecule has 0 heterocycles. The van der Waals surface area contributed by atoms with E-state index >= 15 is 0 Å². The van der Waals surface area contributed by atoms with E-state index in [0.29, 0.717) is 4.90 Å². The van der Waals surface area contributed by atoms with Crippen molar-refractivity contribution in [3.63, 3.8) is 0 Å². The van der Waals surface area contributed by atoms with Gasteiger partial charge in [-0.1, -0.05) is 37.8 Å². The molecule has 100 valence electrons. The summed E-state index contributed by atoms with van der Waals surface area (Å²) in [5.74, 6) is 0.822. The lowest BCUT2D eigenvalue weighted by Gasteiger charge is -2.13. The van der Waals surface area contributed by atoms with Crippen LogP contribution in [0, 0.1) is 5.92 Å². The third kappa shape index (κ3) is 3.48. The Kier molecular flexibility index (Phi) is 4.27. The maximum atomic E-state index is 11.6. The van der Waals surface area contributed by atoms with E-state index in [2.05, 4.69) is 5.32 Å². The van der Waals surface area contributed by atoms with Crippen LogP contribution in [-0.4, -0.2) is 21.2 Å². The highest BCUT2D eigenvalue weighted by atomic mass is 32.2. The van der Waals surface area contributed by atoms with Crippen molar-refractivity contribution < 1.29 is 8.42 Å². The molecule has 1 fully saturated rings. The Morgan fingerprint density at radius 3 is 2.56 bits per heavy atom. The number of para-hydroxylation sites is 1. The van der Waals surface area contributed by atoms with Crippen LogP contribution >= 0.6 is 0 Å². The van der Waals surface area contributed by atoms with Gasteiger partial charge in [0.1, 0.15) is 0 Å². The summed E-state index contributed by atoms with van der Waals surface area (Å²) in [5, 5.41) is 3.27. The lowest BCUT2D eigenvalue weighted by molar-refractivity contribution is 0.518. The van der Waals surface area contributed by atoms with Crippen LogP contribution in [0.1, 0.15) is 32.1 Å². The normalized spacial score (nSPS) is 16.9. The van der Waals surface area contributed by atoms with E-state index in [1.165, 1.54) is 31.9 Å². The molecule has 2 rings (SSSR count). The van der Waals surface area contributed by atoms with E-state index in [1.807, 2.05) is 12.1 Å². The highest BCUT2D eigenvalue weighted by Gasteiger charge is 2.15. The Morgan fingerprint density at radius 1 is 1.22 bits per heavy atom.